The predicted octanol–water partition coefficient (Wildman–Crippen LogP) is 7.12. The van der Waals surface area contributed by atoms with Crippen LogP contribution >= 0.6 is 0 Å². The molecular weight excluding hydrogens is 413 g/mol. The summed E-state index contributed by atoms with van der Waals surface area (Å²) in [5, 5.41) is 0. The molecule has 0 amide bonds. The molecule has 0 rings (SSSR count). The van der Waals surface area contributed by atoms with Gasteiger partial charge in [-0.1, -0.05) is 123 Å². The molecule has 0 aromatic rings. The molecular formula is C19H49CoN3Si3+. The van der Waals surface area contributed by atoms with E-state index in [2.05, 4.69) is 78.8 Å². The SMILES string of the molecule is CCN(CC)CCC[N-][Si](CC)(CC)CC.C[Si](C)(C)[N-][Si](C)(C)C.[Co+3]. The van der Waals surface area contributed by atoms with Crippen LogP contribution in [0.4, 0.5) is 0 Å². The molecule has 0 aliphatic heterocycles. The molecule has 0 bridgehead atoms. The third-order valence-electron chi connectivity index (χ3n) is 4.62. The fourth-order valence-electron chi connectivity index (χ4n) is 3.24. The van der Waals surface area contributed by atoms with Crippen molar-refractivity contribution < 1.29 is 16.8 Å². The van der Waals surface area contributed by atoms with E-state index in [1.54, 1.807) is 0 Å². The number of nitrogens with zero attached hydrogens (tertiary/aromatic N) is 3. The molecule has 0 unspecified atom stereocenters. The van der Waals surface area contributed by atoms with Crippen LogP contribution in [0, 0.1) is 0 Å². The molecule has 26 heavy (non-hydrogen) atoms. The second kappa shape index (κ2) is 15.9. The molecule has 3 nitrogen and oxygen atoms in total. The first-order chi connectivity index (χ1) is 11.4. The standard InChI is InChI=1S/C13H31N2Si.C6H18NSi2.Co/c1-6-15(7-2)13-11-12-14-16(8-3,9-4)10-5;1-8(2,3)7-9(4,5)6;/h6-13H2,1-5H3;1-6H3;/q2*-1;+3. The van der Waals surface area contributed by atoms with Gasteiger partial charge in [0.1, 0.15) is 0 Å². The summed E-state index contributed by atoms with van der Waals surface area (Å²) in [6, 6.07) is 3.97. The third kappa shape index (κ3) is 18.4. The third-order valence-corrected chi connectivity index (χ3v) is 14.8. The van der Waals surface area contributed by atoms with E-state index in [0.29, 0.717) is 0 Å². The molecule has 0 fully saturated rings. The van der Waals surface area contributed by atoms with Gasteiger partial charge in [0.15, 0.2) is 0 Å². The molecule has 7 heteroatoms. The van der Waals surface area contributed by atoms with Crippen LogP contribution in [0.3, 0.4) is 0 Å². The first-order valence-electron chi connectivity index (χ1n) is 10.5. The second-order valence-electron chi connectivity index (χ2n) is 9.00. The van der Waals surface area contributed by atoms with Crippen molar-refractivity contribution in [2.24, 2.45) is 0 Å². The van der Waals surface area contributed by atoms with Crippen molar-refractivity contribution in [1.82, 2.24) is 4.90 Å². The van der Waals surface area contributed by atoms with Gasteiger partial charge in [-0.25, -0.2) is 0 Å². The Morgan fingerprint density at radius 1 is 0.692 bits per heavy atom. The Balaban J connectivity index is -0.000000453. The Morgan fingerprint density at radius 3 is 1.31 bits per heavy atom. The van der Waals surface area contributed by atoms with Crippen LogP contribution < -0.4 is 0 Å². The summed E-state index contributed by atoms with van der Waals surface area (Å²) in [6.07, 6.45) is 1.25. The predicted molar refractivity (Wildman–Crippen MR) is 128 cm³/mol. The van der Waals surface area contributed by atoms with E-state index in [-0.39, 0.29) is 16.8 Å². The molecule has 0 saturated heterocycles. The molecule has 0 atom stereocenters. The zero-order chi connectivity index (χ0) is 20.1. The van der Waals surface area contributed by atoms with Crippen LogP contribution in [0.25, 0.3) is 9.63 Å². The minimum absolute atomic E-state index is 0. The van der Waals surface area contributed by atoms with E-state index >= 15 is 0 Å². The zero-order valence-electron chi connectivity index (χ0n) is 19.8. The molecule has 160 valence electrons. The van der Waals surface area contributed by atoms with Crippen LogP contribution in [0.1, 0.15) is 41.0 Å². The Kier molecular flexibility index (Phi) is 19.4. The summed E-state index contributed by atoms with van der Waals surface area (Å²) in [7, 11) is -3.42. The Bertz CT molecular complexity index is 290. The smallest absolute Gasteiger partial charge is 0.668 e. The summed E-state index contributed by atoms with van der Waals surface area (Å²) in [6.45, 7) is 29.9. The van der Waals surface area contributed by atoms with Crippen LogP contribution in [0.5, 0.6) is 0 Å². The average molecular weight is 463 g/mol. The van der Waals surface area contributed by atoms with Crippen molar-refractivity contribution >= 4 is 24.7 Å². The zero-order valence-corrected chi connectivity index (χ0v) is 23.9. The van der Waals surface area contributed by atoms with Gasteiger partial charge in [-0.3, -0.25) is 0 Å². The van der Waals surface area contributed by atoms with Crippen molar-refractivity contribution in [3.05, 3.63) is 9.63 Å². The molecule has 0 aliphatic rings. The van der Waals surface area contributed by atoms with Crippen molar-refractivity contribution in [2.75, 3.05) is 26.2 Å². The average Bonchev–Trinajstić information content (AvgIpc) is 2.49. The normalized spacial score (nSPS) is 12.5. The molecule has 0 N–H and O–H groups in total. The van der Waals surface area contributed by atoms with Gasteiger partial charge < -0.3 is 14.5 Å². The maximum atomic E-state index is 5.06. The Morgan fingerprint density at radius 2 is 1.08 bits per heavy atom. The molecule has 0 aliphatic carbocycles. The van der Waals surface area contributed by atoms with Crippen LogP contribution in [-0.4, -0.2) is 55.8 Å². The van der Waals surface area contributed by atoms with E-state index in [4.69, 9.17) is 9.63 Å². The van der Waals surface area contributed by atoms with Crippen LogP contribution in [0.2, 0.25) is 57.4 Å². The summed E-state index contributed by atoms with van der Waals surface area (Å²) in [5.41, 5.74) is 0. The summed E-state index contributed by atoms with van der Waals surface area (Å²) >= 11 is 0. The van der Waals surface area contributed by atoms with Crippen LogP contribution in [0.15, 0.2) is 0 Å². The van der Waals surface area contributed by atoms with Crippen LogP contribution in [-0.2, 0) is 16.8 Å². The van der Waals surface area contributed by atoms with E-state index in [1.165, 1.54) is 44.2 Å². The Labute approximate surface area is 180 Å². The first-order valence-corrected chi connectivity index (χ1v) is 20.0. The van der Waals surface area contributed by atoms with Gasteiger partial charge in [0.05, 0.1) is 0 Å². The number of rotatable bonds is 12. The summed E-state index contributed by atoms with van der Waals surface area (Å²) in [5.74, 6) is 0. The van der Waals surface area contributed by atoms with Gasteiger partial charge in [0.25, 0.3) is 0 Å². The van der Waals surface area contributed by atoms with Crippen molar-refractivity contribution in [3.63, 3.8) is 0 Å². The minimum atomic E-state index is -1.20. The van der Waals surface area contributed by atoms with E-state index in [0.717, 1.165) is 6.54 Å². The van der Waals surface area contributed by atoms with Gasteiger partial charge in [-0.05, 0) is 19.6 Å². The van der Waals surface area contributed by atoms with Gasteiger partial charge in [0.2, 0.25) is 0 Å². The van der Waals surface area contributed by atoms with Gasteiger partial charge in [-0.15, -0.1) is 6.54 Å². The van der Waals surface area contributed by atoms with Crippen molar-refractivity contribution in [3.8, 4) is 0 Å². The Hall–Kier alpha value is 1.04. The minimum Gasteiger partial charge on any atom is -0.668 e. The molecule has 0 spiro atoms. The maximum absolute atomic E-state index is 5.06. The summed E-state index contributed by atoms with van der Waals surface area (Å²) in [4.78, 5) is 7.55. The number of hydrogen-bond donors (Lipinski definition) is 0. The monoisotopic (exact) mass is 462 g/mol. The second-order valence-corrected chi connectivity index (χ2v) is 23.5. The fourth-order valence-corrected chi connectivity index (χ4v) is 14.1. The van der Waals surface area contributed by atoms with Crippen molar-refractivity contribution in [2.45, 2.75) is 98.5 Å². The van der Waals surface area contributed by atoms with E-state index in [1.807, 2.05) is 0 Å². The van der Waals surface area contributed by atoms with E-state index in [9.17, 15) is 0 Å². The van der Waals surface area contributed by atoms with Gasteiger partial charge in [0, 0.05) is 0 Å². The topological polar surface area (TPSA) is 31.4 Å². The number of hydrogen-bond acceptors (Lipinski definition) is 1. The summed E-state index contributed by atoms with van der Waals surface area (Å²) < 4.78 is 4.82. The van der Waals surface area contributed by atoms with Gasteiger partial charge >= 0.3 is 16.8 Å². The molecule has 0 heterocycles. The quantitative estimate of drug-likeness (QED) is 0.224. The fraction of sp³-hybridized carbons (Fsp3) is 1.00. The maximum Gasteiger partial charge on any atom is 3.00 e. The first kappa shape index (κ1) is 31.7. The molecule has 0 aromatic carbocycles. The molecule has 0 aromatic heterocycles. The largest absolute Gasteiger partial charge is 3.00 e. The molecule has 0 saturated carbocycles. The van der Waals surface area contributed by atoms with Gasteiger partial charge in [-0.2, -0.15) is 0 Å². The van der Waals surface area contributed by atoms with E-state index < -0.39 is 24.7 Å². The molecule has 0 radical (unpaired) electrons. The van der Waals surface area contributed by atoms with Crippen molar-refractivity contribution in [1.29, 1.82) is 0 Å².